The first-order chi connectivity index (χ1) is 15.0. The van der Waals surface area contributed by atoms with E-state index in [-0.39, 0.29) is 17.8 Å². The number of nitrogens with one attached hydrogen (secondary N) is 3. The zero-order valence-corrected chi connectivity index (χ0v) is 17.2. The summed E-state index contributed by atoms with van der Waals surface area (Å²) in [7, 11) is 2.98. The molecule has 1 saturated heterocycles. The number of carbonyl (C=O) groups excluding carboxylic acids is 2. The van der Waals surface area contributed by atoms with Crippen LogP contribution >= 0.6 is 0 Å². The first-order valence-corrected chi connectivity index (χ1v) is 9.79. The van der Waals surface area contributed by atoms with Crippen LogP contribution in [-0.4, -0.2) is 62.3 Å². The lowest BCUT2D eigenvalue weighted by Crippen LogP contribution is -2.41. The van der Waals surface area contributed by atoms with Crippen molar-refractivity contribution in [3.63, 3.8) is 0 Å². The number of carbonyl (C=O) groups is 2. The number of morpholine rings is 1. The number of rotatable bonds is 5. The summed E-state index contributed by atoms with van der Waals surface area (Å²) >= 11 is 0. The molecule has 31 heavy (non-hydrogen) atoms. The highest BCUT2D eigenvalue weighted by molar-refractivity contribution is 6.05. The molecule has 3 heterocycles. The lowest BCUT2D eigenvalue weighted by Gasteiger charge is -2.29. The molecule has 0 saturated carbocycles. The summed E-state index contributed by atoms with van der Waals surface area (Å²) in [5.41, 5.74) is 0.0222. The molecule has 1 unspecified atom stereocenters. The second kappa shape index (κ2) is 8.64. The molecule has 164 valence electrons. The normalized spacial score (nSPS) is 18.1. The summed E-state index contributed by atoms with van der Waals surface area (Å²) in [5, 5.41) is 5.36. The van der Waals surface area contributed by atoms with Gasteiger partial charge >= 0.3 is 0 Å². The van der Waals surface area contributed by atoms with Crippen molar-refractivity contribution in [2.24, 2.45) is 0 Å². The van der Waals surface area contributed by atoms with Crippen LogP contribution in [-0.2, 0) is 14.3 Å². The standard InChI is InChI=1S/C20H23N5O6/c1-29-11-3-4-14(30-2)13(9-11)21-18(27)12-10-15(26)22-17-16(12)19(28)24-20(23-17)25-5-7-31-8-6-25/h3-4,9,12H,5-8,10H2,1-2H3,(H,21,27)(H2,22,23,24,26,28). The van der Waals surface area contributed by atoms with Crippen LogP contribution in [0.2, 0.25) is 0 Å². The molecule has 1 aromatic carbocycles. The van der Waals surface area contributed by atoms with E-state index >= 15 is 0 Å². The summed E-state index contributed by atoms with van der Waals surface area (Å²) < 4.78 is 15.8. The van der Waals surface area contributed by atoms with Gasteiger partial charge in [-0.25, -0.2) is 0 Å². The van der Waals surface area contributed by atoms with Crippen molar-refractivity contribution in [1.82, 2.24) is 9.97 Å². The highest BCUT2D eigenvalue weighted by Gasteiger charge is 2.35. The van der Waals surface area contributed by atoms with Crippen LogP contribution in [0.4, 0.5) is 17.5 Å². The highest BCUT2D eigenvalue weighted by Crippen LogP contribution is 2.33. The zero-order chi connectivity index (χ0) is 22.0. The molecule has 0 bridgehead atoms. The monoisotopic (exact) mass is 429 g/mol. The number of amides is 2. The second-order valence-corrected chi connectivity index (χ2v) is 7.11. The van der Waals surface area contributed by atoms with Crippen LogP contribution < -0.4 is 30.6 Å². The van der Waals surface area contributed by atoms with Crippen molar-refractivity contribution in [2.45, 2.75) is 12.3 Å². The van der Waals surface area contributed by atoms with Gasteiger partial charge in [0.15, 0.2) is 0 Å². The van der Waals surface area contributed by atoms with Gasteiger partial charge in [0, 0.05) is 25.6 Å². The van der Waals surface area contributed by atoms with Crippen LogP contribution in [0.3, 0.4) is 0 Å². The molecule has 1 atom stereocenters. The maximum Gasteiger partial charge on any atom is 0.258 e. The van der Waals surface area contributed by atoms with Crippen molar-refractivity contribution in [3.8, 4) is 11.5 Å². The second-order valence-electron chi connectivity index (χ2n) is 7.11. The molecule has 1 aromatic heterocycles. The number of H-pyrrole nitrogens is 1. The van der Waals surface area contributed by atoms with Gasteiger partial charge in [-0.2, -0.15) is 4.98 Å². The molecule has 2 aromatic rings. The van der Waals surface area contributed by atoms with Gasteiger partial charge in [0.25, 0.3) is 5.56 Å². The molecule has 0 spiro atoms. The minimum Gasteiger partial charge on any atom is -0.497 e. The Morgan fingerprint density at radius 1 is 1.23 bits per heavy atom. The first kappa shape index (κ1) is 20.7. The molecule has 1 fully saturated rings. The van der Waals surface area contributed by atoms with Crippen LogP contribution in [0, 0.1) is 0 Å². The average molecular weight is 429 g/mol. The Morgan fingerprint density at radius 2 is 2.00 bits per heavy atom. The van der Waals surface area contributed by atoms with Gasteiger partial charge in [-0.05, 0) is 12.1 Å². The maximum atomic E-state index is 13.1. The number of nitrogens with zero attached hydrogens (tertiary/aromatic N) is 2. The number of methoxy groups -OCH3 is 2. The fourth-order valence-corrected chi connectivity index (χ4v) is 3.64. The van der Waals surface area contributed by atoms with Gasteiger partial charge in [-0.15, -0.1) is 0 Å². The summed E-state index contributed by atoms with van der Waals surface area (Å²) in [6.45, 7) is 2.16. The molecular weight excluding hydrogens is 406 g/mol. The fraction of sp³-hybridized carbons (Fsp3) is 0.400. The maximum absolute atomic E-state index is 13.1. The number of hydrogen-bond donors (Lipinski definition) is 3. The number of aromatic nitrogens is 2. The molecule has 2 aliphatic rings. The van der Waals surface area contributed by atoms with Crippen LogP contribution in [0.15, 0.2) is 23.0 Å². The molecule has 11 nitrogen and oxygen atoms in total. The SMILES string of the molecule is COc1ccc(OC)c(NC(=O)C2CC(=O)Nc3nc(N4CCOCC4)[nH]c(=O)c32)c1. The van der Waals surface area contributed by atoms with E-state index in [1.54, 1.807) is 18.2 Å². The topological polar surface area (TPSA) is 135 Å². The summed E-state index contributed by atoms with van der Waals surface area (Å²) in [6, 6.07) is 4.95. The first-order valence-electron chi connectivity index (χ1n) is 9.79. The smallest absolute Gasteiger partial charge is 0.258 e. The number of anilines is 3. The Labute approximate surface area is 177 Å². The molecular formula is C20H23N5O6. The predicted octanol–water partition coefficient (Wildman–Crippen LogP) is 0.688. The van der Waals surface area contributed by atoms with Gasteiger partial charge in [-0.1, -0.05) is 0 Å². The third-order valence-corrected chi connectivity index (χ3v) is 5.23. The molecule has 0 radical (unpaired) electrons. The minimum absolute atomic E-state index is 0.0965. The quantitative estimate of drug-likeness (QED) is 0.632. The van der Waals surface area contributed by atoms with E-state index in [9.17, 15) is 14.4 Å². The van der Waals surface area contributed by atoms with Gasteiger partial charge in [0.1, 0.15) is 17.3 Å². The Hall–Kier alpha value is -3.60. The van der Waals surface area contributed by atoms with Crippen LogP contribution in [0.1, 0.15) is 17.9 Å². The molecule has 3 N–H and O–H groups in total. The van der Waals surface area contributed by atoms with E-state index in [4.69, 9.17) is 14.2 Å². The van der Waals surface area contributed by atoms with Gasteiger partial charge in [-0.3, -0.25) is 19.4 Å². The third kappa shape index (κ3) is 4.17. The van der Waals surface area contributed by atoms with Crippen molar-refractivity contribution < 1.29 is 23.8 Å². The Balaban J connectivity index is 1.66. The molecule has 4 rings (SSSR count). The van der Waals surface area contributed by atoms with Crippen molar-refractivity contribution in [3.05, 3.63) is 34.1 Å². The lowest BCUT2D eigenvalue weighted by molar-refractivity contribution is -0.123. The van der Waals surface area contributed by atoms with E-state index < -0.39 is 23.3 Å². The number of fused-ring (bicyclic) bond motifs is 1. The van der Waals surface area contributed by atoms with Crippen molar-refractivity contribution >= 4 is 29.3 Å². The summed E-state index contributed by atoms with van der Waals surface area (Å²) in [5.74, 6) is -0.543. The number of benzene rings is 1. The van der Waals surface area contributed by atoms with Gasteiger partial charge in [0.05, 0.1) is 44.6 Å². The average Bonchev–Trinajstić information content (AvgIpc) is 2.78. The number of hydrogen-bond acceptors (Lipinski definition) is 8. The highest BCUT2D eigenvalue weighted by atomic mass is 16.5. The Kier molecular flexibility index (Phi) is 5.76. The van der Waals surface area contributed by atoms with Crippen molar-refractivity contribution in [2.75, 3.05) is 56.1 Å². The van der Waals surface area contributed by atoms with E-state index in [0.29, 0.717) is 49.4 Å². The Bertz CT molecular complexity index is 1060. The lowest BCUT2D eigenvalue weighted by atomic mass is 9.92. The van der Waals surface area contributed by atoms with Gasteiger partial charge < -0.3 is 29.7 Å². The minimum atomic E-state index is -1.00. The fourth-order valence-electron chi connectivity index (χ4n) is 3.64. The van der Waals surface area contributed by atoms with Gasteiger partial charge in [0.2, 0.25) is 17.8 Å². The van der Waals surface area contributed by atoms with Crippen LogP contribution in [0.5, 0.6) is 11.5 Å². The van der Waals surface area contributed by atoms with E-state index in [2.05, 4.69) is 20.6 Å². The molecule has 11 heteroatoms. The summed E-state index contributed by atoms with van der Waals surface area (Å²) in [4.78, 5) is 47.3. The number of ether oxygens (including phenoxy) is 3. The van der Waals surface area contributed by atoms with E-state index in [1.807, 2.05) is 4.90 Å². The third-order valence-electron chi connectivity index (χ3n) is 5.23. The number of aromatic amines is 1. The molecule has 2 amide bonds. The summed E-state index contributed by atoms with van der Waals surface area (Å²) in [6.07, 6.45) is -0.174. The largest absolute Gasteiger partial charge is 0.497 e. The predicted molar refractivity (Wildman–Crippen MR) is 112 cm³/mol. The van der Waals surface area contributed by atoms with Crippen molar-refractivity contribution in [1.29, 1.82) is 0 Å². The molecule has 2 aliphatic heterocycles. The zero-order valence-electron chi connectivity index (χ0n) is 17.2. The van der Waals surface area contributed by atoms with E-state index in [1.165, 1.54) is 14.2 Å². The van der Waals surface area contributed by atoms with Crippen LogP contribution in [0.25, 0.3) is 0 Å². The van der Waals surface area contributed by atoms with E-state index in [0.717, 1.165) is 0 Å². The Morgan fingerprint density at radius 3 is 2.71 bits per heavy atom. The molecule has 0 aliphatic carbocycles.